The van der Waals surface area contributed by atoms with Crippen LogP contribution >= 0.6 is 11.8 Å². The molecule has 0 spiro atoms. The van der Waals surface area contributed by atoms with Crippen LogP contribution in [0.4, 0.5) is 24.9 Å². The highest BCUT2D eigenvalue weighted by Gasteiger charge is 2.41. The van der Waals surface area contributed by atoms with Gasteiger partial charge in [-0.3, -0.25) is 4.99 Å². The van der Waals surface area contributed by atoms with Crippen LogP contribution in [0.15, 0.2) is 10.0 Å². The molecule has 2 unspecified atom stereocenters. The number of anilines is 2. The summed E-state index contributed by atoms with van der Waals surface area (Å²) in [6.45, 7) is 6.72. The van der Waals surface area contributed by atoms with Gasteiger partial charge >= 0.3 is 6.18 Å². The highest BCUT2D eigenvalue weighted by molar-refractivity contribution is 8.00. The first-order chi connectivity index (χ1) is 15.8. The molecule has 5 rings (SSSR count). The molecule has 0 radical (unpaired) electrons. The molecule has 0 aromatic carbocycles. The zero-order valence-corrected chi connectivity index (χ0v) is 19.7. The lowest BCUT2D eigenvalue weighted by Gasteiger charge is -2.31. The van der Waals surface area contributed by atoms with Crippen molar-refractivity contribution < 1.29 is 13.2 Å². The quantitative estimate of drug-likeness (QED) is 0.617. The average molecular weight is 481 g/mol. The third-order valence-corrected chi connectivity index (χ3v) is 8.16. The van der Waals surface area contributed by atoms with E-state index in [1.165, 1.54) is 4.57 Å². The molecule has 5 heterocycles. The van der Waals surface area contributed by atoms with Gasteiger partial charge in [0, 0.05) is 49.6 Å². The zero-order chi connectivity index (χ0) is 23.3. The van der Waals surface area contributed by atoms with Gasteiger partial charge in [-0.1, -0.05) is 20.3 Å². The van der Waals surface area contributed by atoms with E-state index in [4.69, 9.17) is 9.97 Å². The van der Waals surface area contributed by atoms with Crippen molar-refractivity contribution in [2.45, 2.75) is 68.6 Å². The molecular formula is C21H27F3N8S. The van der Waals surface area contributed by atoms with E-state index in [2.05, 4.69) is 33.9 Å². The van der Waals surface area contributed by atoms with Gasteiger partial charge in [-0.15, -0.1) is 22.0 Å². The lowest BCUT2D eigenvalue weighted by Crippen LogP contribution is -2.37. The van der Waals surface area contributed by atoms with Gasteiger partial charge in [0.05, 0.1) is 13.1 Å². The Balaban J connectivity index is 1.52. The highest BCUT2D eigenvalue weighted by atomic mass is 32.2. The van der Waals surface area contributed by atoms with Crippen LogP contribution in [-0.2, 0) is 19.3 Å². The van der Waals surface area contributed by atoms with Crippen molar-refractivity contribution in [1.29, 1.82) is 0 Å². The number of halogens is 3. The molecular weight excluding hydrogens is 453 g/mol. The Kier molecular flexibility index (Phi) is 5.74. The second kappa shape index (κ2) is 8.44. The van der Waals surface area contributed by atoms with E-state index in [1.54, 1.807) is 18.8 Å². The molecule has 0 saturated carbocycles. The van der Waals surface area contributed by atoms with Gasteiger partial charge in [0.1, 0.15) is 10.8 Å². The van der Waals surface area contributed by atoms with E-state index < -0.39 is 12.0 Å². The molecule has 12 heteroatoms. The Morgan fingerprint density at radius 2 is 1.91 bits per heavy atom. The Morgan fingerprint density at radius 1 is 1.09 bits per heavy atom. The van der Waals surface area contributed by atoms with E-state index in [0.29, 0.717) is 30.1 Å². The molecule has 0 bridgehead atoms. The van der Waals surface area contributed by atoms with Gasteiger partial charge < -0.3 is 14.4 Å². The van der Waals surface area contributed by atoms with Crippen LogP contribution in [0.2, 0.25) is 0 Å². The van der Waals surface area contributed by atoms with Crippen LogP contribution in [0.3, 0.4) is 0 Å². The Labute approximate surface area is 194 Å². The van der Waals surface area contributed by atoms with Crippen molar-refractivity contribution >= 4 is 29.2 Å². The summed E-state index contributed by atoms with van der Waals surface area (Å²) >= 11 is 1.80. The summed E-state index contributed by atoms with van der Waals surface area (Å²) in [5.41, 5.74) is 2.23. The molecule has 0 amide bonds. The molecule has 3 aliphatic rings. The number of fused-ring (bicyclic) bond motifs is 2. The smallest absolute Gasteiger partial charge is 0.347 e. The zero-order valence-electron chi connectivity index (χ0n) is 18.9. The fourth-order valence-corrected chi connectivity index (χ4v) is 6.39. The lowest BCUT2D eigenvalue weighted by atomic mass is 9.96. The Morgan fingerprint density at radius 3 is 2.61 bits per heavy atom. The standard InChI is InChI=1S/C21H27F3N8S/c1-4-5-14-12(2)16-17(26-20(27-18(16)33-14)31-7-6-13(10-31)25-3)30-8-9-32-15(11-30)28-29-19(32)21(22,23)24/h12,14H,4-11H2,1-3H3. The maximum atomic E-state index is 13.3. The van der Waals surface area contributed by atoms with Gasteiger partial charge in [-0.05, 0) is 12.3 Å². The van der Waals surface area contributed by atoms with Gasteiger partial charge in [-0.25, -0.2) is 4.98 Å². The van der Waals surface area contributed by atoms with Crippen LogP contribution in [0, 0.1) is 0 Å². The van der Waals surface area contributed by atoms with E-state index in [-0.39, 0.29) is 19.0 Å². The van der Waals surface area contributed by atoms with Crippen molar-refractivity contribution in [2.24, 2.45) is 4.99 Å². The fourth-order valence-electron chi connectivity index (χ4n) is 4.87. The normalized spacial score (nSPS) is 24.0. The topological polar surface area (TPSA) is 75.3 Å². The summed E-state index contributed by atoms with van der Waals surface area (Å²) in [5.74, 6) is 1.14. The van der Waals surface area contributed by atoms with Gasteiger partial charge in [0.15, 0.2) is 5.82 Å². The predicted molar refractivity (Wildman–Crippen MR) is 121 cm³/mol. The van der Waals surface area contributed by atoms with Crippen LogP contribution in [0.5, 0.6) is 0 Å². The molecule has 2 atom stereocenters. The van der Waals surface area contributed by atoms with Crippen LogP contribution in [-0.4, -0.2) is 62.4 Å². The van der Waals surface area contributed by atoms with E-state index in [9.17, 15) is 13.2 Å². The number of rotatable bonds is 4. The third kappa shape index (κ3) is 3.95. The van der Waals surface area contributed by atoms with Gasteiger partial charge in [0.2, 0.25) is 11.8 Å². The number of hydrogen-bond donors (Lipinski definition) is 0. The third-order valence-electron chi connectivity index (χ3n) is 6.68. The SMILES string of the molecule is CCCC1Sc2nc(N3CCC(=NC)C3)nc(N3CCn4c(nnc4C(F)(F)F)C3)c2C1C. The number of nitrogens with zero attached hydrogens (tertiary/aromatic N) is 8. The first kappa shape index (κ1) is 22.4. The highest BCUT2D eigenvalue weighted by Crippen LogP contribution is 2.50. The molecule has 8 nitrogen and oxygen atoms in total. The molecule has 2 aromatic heterocycles. The molecule has 0 aliphatic carbocycles. The Hall–Kier alpha value is -2.37. The predicted octanol–water partition coefficient (Wildman–Crippen LogP) is 3.77. The minimum atomic E-state index is -4.51. The van der Waals surface area contributed by atoms with Crippen molar-refractivity contribution in [3.05, 3.63) is 17.2 Å². The van der Waals surface area contributed by atoms with Crippen molar-refractivity contribution in [3.63, 3.8) is 0 Å². The van der Waals surface area contributed by atoms with E-state index in [0.717, 1.165) is 47.9 Å². The first-order valence-electron chi connectivity index (χ1n) is 11.3. The van der Waals surface area contributed by atoms with Crippen LogP contribution < -0.4 is 9.80 Å². The van der Waals surface area contributed by atoms with E-state index in [1.807, 2.05) is 4.90 Å². The molecule has 2 aromatic rings. The van der Waals surface area contributed by atoms with Crippen LogP contribution in [0.1, 0.15) is 56.2 Å². The first-order valence-corrected chi connectivity index (χ1v) is 12.2. The summed E-state index contributed by atoms with van der Waals surface area (Å²) in [5, 5.41) is 8.69. The van der Waals surface area contributed by atoms with Crippen molar-refractivity contribution in [2.75, 3.05) is 36.5 Å². The van der Waals surface area contributed by atoms with Gasteiger partial charge in [0.25, 0.3) is 0 Å². The average Bonchev–Trinajstić information content (AvgIpc) is 3.50. The molecule has 0 N–H and O–H groups in total. The van der Waals surface area contributed by atoms with Crippen molar-refractivity contribution in [3.8, 4) is 0 Å². The molecule has 178 valence electrons. The number of hydrogen-bond acceptors (Lipinski definition) is 8. The minimum Gasteiger partial charge on any atom is -0.347 e. The minimum absolute atomic E-state index is 0.168. The summed E-state index contributed by atoms with van der Waals surface area (Å²) in [6.07, 6.45) is -1.46. The fraction of sp³-hybridized carbons (Fsp3) is 0.667. The maximum absolute atomic E-state index is 13.3. The molecule has 3 aliphatic heterocycles. The van der Waals surface area contributed by atoms with Crippen molar-refractivity contribution in [1.82, 2.24) is 24.7 Å². The maximum Gasteiger partial charge on any atom is 0.451 e. The van der Waals surface area contributed by atoms with Gasteiger partial charge in [-0.2, -0.15) is 18.2 Å². The summed E-state index contributed by atoms with van der Waals surface area (Å²) < 4.78 is 41.0. The number of alkyl halides is 3. The van der Waals surface area contributed by atoms with Crippen LogP contribution in [0.25, 0.3) is 0 Å². The largest absolute Gasteiger partial charge is 0.451 e. The van der Waals surface area contributed by atoms with E-state index >= 15 is 0 Å². The number of thioether (sulfide) groups is 1. The monoisotopic (exact) mass is 480 g/mol. The molecule has 33 heavy (non-hydrogen) atoms. The summed E-state index contributed by atoms with van der Waals surface area (Å²) in [6, 6.07) is 0. The lowest BCUT2D eigenvalue weighted by molar-refractivity contribution is -0.147. The summed E-state index contributed by atoms with van der Waals surface area (Å²) in [7, 11) is 1.81. The molecule has 1 fully saturated rings. The summed E-state index contributed by atoms with van der Waals surface area (Å²) in [4.78, 5) is 18.4. The number of aliphatic imine (C=N–C) groups is 1. The molecule has 1 saturated heterocycles. The second-order valence-electron chi connectivity index (χ2n) is 8.77. The second-order valence-corrected chi connectivity index (χ2v) is 10.00. The Bertz CT molecular complexity index is 1080. The number of aromatic nitrogens is 5.